The van der Waals surface area contributed by atoms with E-state index in [4.69, 9.17) is 10.2 Å². The summed E-state index contributed by atoms with van der Waals surface area (Å²) in [6, 6.07) is 3.78. The molecular weight excluding hydrogens is 289 g/mol. The van der Waals surface area contributed by atoms with Crippen LogP contribution in [0.2, 0.25) is 0 Å². The van der Waals surface area contributed by atoms with Gasteiger partial charge >= 0.3 is 6.18 Å². The Labute approximate surface area is 118 Å². The second kappa shape index (κ2) is 5.40. The van der Waals surface area contributed by atoms with Crippen LogP contribution in [0.3, 0.4) is 0 Å². The van der Waals surface area contributed by atoms with E-state index in [0.717, 1.165) is 23.5 Å². The maximum absolute atomic E-state index is 12.9. The van der Waals surface area contributed by atoms with Gasteiger partial charge in [-0.3, -0.25) is 0 Å². The summed E-state index contributed by atoms with van der Waals surface area (Å²) in [4.78, 5) is 4.13. The Morgan fingerprint density at radius 2 is 2.00 bits per heavy atom. The Kier molecular flexibility index (Phi) is 3.99. The van der Waals surface area contributed by atoms with E-state index in [-0.39, 0.29) is 17.0 Å². The molecule has 3 nitrogen and oxygen atoms in total. The second-order valence-corrected chi connectivity index (χ2v) is 5.25. The SMILES string of the molecule is Cc1nc(SCc2ccc(N)cc2C(F)(F)F)oc1C. The minimum atomic E-state index is -4.42. The van der Waals surface area contributed by atoms with Crippen LogP contribution in [0.25, 0.3) is 0 Å². The van der Waals surface area contributed by atoms with Crippen molar-refractivity contribution in [2.45, 2.75) is 31.0 Å². The maximum atomic E-state index is 12.9. The molecule has 1 aromatic carbocycles. The van der Waals surface area contributed by atoms with Gasteiger partial charge in [0.05, 0.1) is 11.3 Å². The predicted octanol–water partition coefficient (Wildman–Crippen LogP) is 4.18. The Morgan fingerprint density at radius 1 is 1.30 bits per heavy atom. The number of aryl methyl sites for hydroxylation is 2. The summed E-state index contributed by atoms with van der Waals surface area (Å²) in [6.45, 7) is 3.55. The van der Waals surface area contributed by atoms with Gasteiger partial charge in [-0.25, -0.2) is 4.98 Å². The summed E-state index contributed by atoms with van der Waals surface area (Å²) in [7, 11) is 0. The first-order valence-electron chi connectivity index (χ1n) is 5.80. The van der Waals surface area contributed by atoms with Crippen molar-refractivity contribution in [3.05, 3.63) is 40.8 Å². The summed E-state index contributed by atoms with van der Waals surface area (Å²) < 4.78 is 44.1. The molecule has 0 unspecified atom stereocenters. The van der Waals surface area contributed by atoms with Crippen molar-refractivity contribution >= 4 is 17.4 Å². The minimum Gasteiger partial charge on any atom is -0.437 e. The number of rotatable bonds is 3. The number of alkyl halides is 3. The van der Waals surface area contributed by atoms with Crippen molar-refractivity contribution in [2.75, 3.05) is 5.73 Å². The Balaban J connectivity index is 2.21. The van der Waals surface area contributed by atoms with Crippen LogP contribution in [0.1, 0.15) is 22.6 Å². The first kappa shape index (κ1) is 14.8. The highest BCUT2D eigenvalue weighted by Gasteiger charge is 2.33. The van der Waals surface area contributed by atoms with Crippen LogP contribution >= 0.6 is 11.8 Å². The van der Waals surface area contributed by atoms with Crippen molar-refractivity contribution in [1.82, 2.24) is 4.98 Å². The molecule has 0 atom stereocenters. The lowest BCUT2D eigenvalue weighted by molar-refractivity contribution is -0.138. The standard InChI is InChI=1S/C13H13F3N2OS/c1-7-8(2)19-12(18-7)20-6-9-3-4-10(17)5-11(9)13(14,15)16/h3-5H,6,17H2,1-2H3. The van der Waals surface area contributed by atoms with E-state index in [9.17, 15) is 13.2 Å². The topological polar surface area (TPSA) is 52.0 Å². The number of thioether (sulfide) groups is 1. The molecule has 7 heteroatoms. The molecule has 0 saturated heterocycles. The monoisotopic (exact) mass is 302 g/mol. The zero-order valence-electron chi connectivity index (χ0n) is 10.9. The third kappa shape index (κ3) is 3.27. The number of halogens is 3. The van der Waals surface area contributed by atoms with Crippen molar-refractivity contribution in [1.29, 1.82) is 0 Å². The molecule has 0 amide bonds. The van der Waals surface area contributed by atoms with Crippen LogP contribution in [0.5, 0.6) is 0 Å². The molecule has 0 saturated carbocycles. The molecule has 2 rings (SSSR count). The van der Waals surface area contributed by atoms with Crippen LogP contribution in [-0.2, 0) is 11.9 Å². The minimum absolute atomic E-state index is 0.0916. The van der Waals surface area contributed by atoms with E-state index in [1.54, 1.807) is 13.8 Å². The van der Waals surface area contributed by atoms with E-state index in [1.807, 2.05) is 0 Å². The number of nitrogens with two attached hydrogens (primary N) is 1. The van der Waals surface area contributed by atoms with Crippen LogP contribution in [-0.4, -0.2) is 4.98 Å². The molecule has 0 aliphatic rings. The molecule has 0 fully saturated rings. The summed E-state index contributed by atoms with van der Waals surface area (Å²) in [5.41, 5.74) is 5.69. The number of hydrogen-bond donors (Lipinski definition) is 1. The smallest absolute Gasteiger partial charge is 0.416 e. The molecule has 20 heavy (non-hydrogen) atoms. The highest BCUT2D eigenvalue weighted by atomic mass is 32.2. The molecule has 0 radical (unpaired) electrons. The van der Waals surface area contributed by atoms with E-state index < -0.39 is 11.7 Å². The van der Waals surface area contributed by atoms with Crippen molar-refractivity contribution < 1.29 is 17.6 Å². The van der Waals surface area contributed by atoms with Gasteiger partial charge < -0.3 is 10.2 Å². The molecular formula is C13H13F3N2OS. The van der Waals surface area contributed by atoms with Crippen LogP contribution in [0.15, 0.2) is 27.8 Å². The van der Waals surface area contributed by atoms with E-state index in [1.165, 1.54) is 12.1 Å². The summed E-state index contributed by atoms with van der Waals surface area (Å²) in [5.74, 6) is 0.787. The average Bonchev–Trinajstić information content (AvgIpc) is 2.66. The molecule has 1 aromatic heterocycles. The number of anilines is 1. The normalized spacial score (nSPS) is 11.8. The first-order valence-corrected chi connectivity index (χ1v) is 6.78. The Bertz CT molecular complexity index is 603. The van der Waals surface area contributed by atoms with Crippen LogP contribution in [0.4, 0.5) is 18.9 Å². The molecule has 108 valence electrons. The first-order chi connectivity index (χ1) is 9.27. The largest absolute Gasteiger partial charge is 0.437 e. The van der Waals surface area contributed by atoms with Gasteiger partial charge in [0.15, 0.2) is 0 Å². The van der Waals surface area contributed by atoms with E-state index in [2.05, 4.69) is 4.98 Å². The van der Waals surface area contributed by atoms with Gasteiger partial charge in [-0.05, 0) is 31.5 Å². The van der Waals surface area contributed by atoms with Crippen LogP contribution < -0.4 is 5.73 Å². The summed E-state index contributed by atoms with van der Waals surface area (Å²) in [6.07, 6.45) is -4.42. The number of nitrogen functional groups attached to an aromatic ring is 1. The Morgan fingerprint density at radius 3 is 2.55 bits per heavy atom. The molecule has 1 heterocycles. The van der Waals surface area contributed by atoms with Gasteiger partial charge in [0.2, 0.25) is 0 Å². The highest BCUT2D eigenvalue weighted by molar-refractivity contribution is 7.98. The fourth-order valence-electron chi connectivity index (χ4n) is 1.63. The van der Waals surface area contributed by atoms with E-state index in [0.29, 0.717) is 11.0 Å². The highest BCUT2D eigenvalue weighted by Crippen LogP contribution is 2.36. The molecule has 2 aromatic rings. The number of hydrogen-bond acceptors (Lipinski definition) is 4. The van der Waals surface area contributed by atoms with Crippen molar-refractivity contribution in [3.8, 4) is 0 Å². The fourth-order valence-corrected chi connectivity index (χ4v) is 2.54. The molecule has 2 N–H and O–H groups in total. The second-order valence-electron chi connectivity index (χ2n) is 4.32. The summed E-state index contributed by atoms with van der Waals surface area (Å²) in [5, 5.41) is 0.366. The zero-order chi connectivity index (χ0) is 14.9. The lowest BCUT2D eigenvalue weighted by atomic mass is 10.1. The van der Waals surface area contributed by atoms with Gasteiger partial charge in [-0.2, -0.15) is 13.2 Å². The van der Waals surface area contributed by atoms with Gasteiger partial charge in [-0.15, -0.1) is 0 Å². The average molecular weight is 302 g/mol. The molecule has 0 spiro atoms. The molecule has 0 aliphatic carbocycles. The zero-order valence-corrected chi connectivity index (χ0v) is 11.7. The molecule has 0 bridgehead atoms. The summed E-state index contributed by atoms with van der Waals surface area (Å²) >= 11 is 1.13. The molecule has 0 aliphatic heterocycles. The third-order valence-electron chi connectivity index (χ3n) is 2.80. The lowest BCUT2D eigenvalue weighted by Crippen LogP contribution is -2.09. The number of oxazole rings is 1. The Hall–Kier alpha value is -1.63. The van der Waals surface area contributed by atoms with E-state index >= 15 is 0 Å². The van der Waals surface area contributed by atoms with Gasteiger partial charge in [0.1, 0.15) is 5.76 Å². The maximum Gasteiger partial charge on any atom is 0.416 e. The fraction of sp³-hybridized carbons (Fsp3) is 0.308. The predicted molar refractivity (Wildman–Crippen MR) is 71.4 cm³/mol. The van der Waals surface area contributed by atoms with Gasteiger partial charge in [0, 0.05) is 11.4 Å². The number of nitrogens with zero attached hydrogens (tertiary/aromatic N) is 1. The van der Waals surface area contributed by atoms with Gasteiger partial charge in [-0.1, -0.05) is 17.8 Å². The quantitative estimate of drug-likeness (QED) is 0.682. The van der Waals surface area contributed by atoms with Crippen molar-refractivity contribution in [2.24, 2.45) is 0 Å². The van der Waals surface area contributed by atoms with Crippen LogP contribution in [0, 0.1) is 13.8 Å². The lowest BCUT2D eigenvalue weighted by Gasteiger charge is -2.12. The third-order valence-corrected chi connectivity index (χ3v) is 3.68. The van der Waals surface area contributed by atoms with Gasteiger partial charge in [0.25, 0.3) is 5.22 Å². The van der Waals surface area contributed by atoms with Crippen molar-refractivity contribution in [3.63, 3.8) is 0 Å². The number of benzene rings is 1. The number of aromatic nitrogens is 1.